The zero-order valence-electron chi connectivity index (χ0n) is 18.8. The van der Waals surface area contributed by atoms with Crippen LogP contribution in [-0.4, -0.2) is 24.1 Å². The number of allylic oxidation sites excluding steroid dienone is 2. The molecule has 162 valence electrons. The first-order chi connectivity index (χ1) is 13.6. The summed E-state index contributed by atoms with van der Waals surface area (Å²) >= 11 is 0. The van der Waals surface area contributed by atoms with Gasteiger partial charge in [0.05, 0.1) is 0 Å². The second-order valence-electron chi connectivity index (χ2n) is 10.8. The monoisotopic (exact) mass is 402 g/mol. The summed E-state index contributed by atoms with van der Waals surface area (Å²) in [6.07, 6.45) is 11.9. The van der Waals surface area contributed by atoms with E-state index in [1.807, 2.05) is 0 Å². The Kier molecular flexibility index (Phi) is 5.36. The summed E-state index contributed by atoms with van der Waals surface area (Å²) in [6.45, 7) is 10.1. The molecule has 0 aromatic rings. The van der Waals surface area contributed by atoms with E-state index in [1.165, 1.54) is 39.5 Å². The van der Waals surface area contributed by atoms with Gasteiger partial charge in [0.1, 0.15) is 12.2 Å². The molecule has 4 aliphatic rings. The van der Waals surface area contributed by atoms with Gasteiger partial charge >= 0.3 is 11.9 Å². The quantitative estimate of drug-likeness (QED) is 0.465. The molecule has 0 aliphatic heterocycles. The Morgan fingerprint density at radius 2 is 1.83 bits per heavy atom. The number of esters is 2. The summed E-state index contributed by atoms with van der Waals surface area (Å²) in [4.78, 5) is 23.0. The molecule has 4 heteroatoms. The maximum Gasteiger partial charge on any atom is 0.302 e. The number of hydrogen-bond acceptors (Lipinski definition) is 4. The maximum atomic E-state index is 11.5. The molecular weight excluding hydrogens is 364 g/mol. The lowest BCUT2D eigenvalue weighted by molar-refractivity contribution is -0.152. The molecule has 0 radical (unpaired) electrons. The van der Waals surface area contributed by atoms with E-state index in [4.69, 9.17) is 9.47 Å². The molecule has 6 unspecified atom stereocenters. The minimum Gasteiger partial charge on any atom is -0.463 e. The van der Waals surface area contributed by atoms with Crippen molar-refractivity contribution in [3.63, 3.8) is 0 Å². The Balaban J connectivity index is 1.55. The molecule has 0 bridgehead atoms. The smallest absolute Gasteiger partial charge is 0.302 e. The zero-order valence-corrected chi connectivity index (χ0v) is 18.8. The summed E-state index contributed by atoms with van der Waals surface area (Å²) in [5, 5.41) is 0. The van der Waals surface area contributed by atoms with E-state index >= 15 is 0 Å². The van der Waals surface area contributed by atoms with Gasteiger partial charge in [-0.05, 0) is 86.9 Å². The van der Waals surface area contributed by atoms with E-state index in [2.05, 4.69) is 26.8 Å². The van der Waals surface area contributed by atoms with Gasteiger partial charge in [-0.3, -0.25) is 9.59 Å². The van der Waals surface area contributed by atoms with Crippen molar-refractivity contribution in [2.75, 3.05) is 0 Å². The van der Waals surface area contributed by atoms with Gasteiger partial charge in [-0.2, -0.15) is 0 Å². The average Bonchev–Trinajstić information content (AvgIpc) is 2.98. The highest BCUT2D eigenvalue weighted by Gasteiger charge is 2.58. The first kappa shape index (κ1) is 20.9. The lowest BCUT2D eigenvalue weighted by atomic mass is 9.48. The topological polar surface area (TPSA) is 52.6 Å². The summed E-state index contributed by atoms with van der Waals surface area (Å²) in [5.74, 6) is 2.17. The Hall–Kier alpha value is -1.32. The Morgan fingerprint density at radius 3 is 2.52 bits per heavy atom. The summed E-state index contributed by atoms with van der Waals surface area (Å²) in [6, 6.07) is 0. The van der Waals surface area contributed by atoms with E-state index < -0.39 is 0 Å². The van der Waals surface area contributed by atoms with Crippen molar-refractivity contribution in [3.05, 3.63) is 11.6 Å². The van der Waals surface area contributed by atoms with Crippen LogP contribution in [0.25, 0.3) is 0 Å². The standard InChI is InChI=1S/C25H38O4/c1-15(28-16(2)26)21-8-9-22-20-7-6-18-14-19(29-17(3)27)10-12-24(18,4)23(20)11-13-25(21,22)5/h11,15,18-22H,6-10,12-14H2,1-5H3/t15?,18?,19?,20?,21?,22?,24-,25+/m0/s1. The van der Waals surface area contributed by atoms with Crippen LogP contribution in [0, 0.1) is 34.5 Å². The normalized spacial score (nSPS) is 44.6. The Bertz CT molecular complexity index is 712. The van der Waals surface area contributed by atoms with Crippen LogP contribution in [0.1, 0.15) is 86.0 Å². The van der Waals surface area contributed by atoms with E-state index in [9.17, 15) is 9.59 Å². The van der Waals surface area contributed by atoms with Crippen LogP contribution in [0.2, 0.25) is 0 Å². The number of carbonyl (C=O) groups is 2. The molecular formula is C25H38O4. The fourth-order valence-electron chi connectivity index (χ4n) is 7.98. The van der Waals surface area contributed by atoms with Gasteiger partial charge in [0.25, 0.3) is 0 Å². The van der Waals surface area contributed by atoms with Crippen molar-refractivity contribution in [1.29, 1.82) is 0 Å². The van der Waals surface area contributed by atoms with E-state index in [0.29, 0.717) is 23.7 Å². The summed E-state index contributed by atoms with van der Waals surface area (Å²) < 4.78 is 11.2. The van der Waals surface area contributed by atoms with Crippen molar-refractivity contribution < 1.29 is 19.1 Å². The van der Waals surface area contributed by atoms with Crippen LogP contribution >= 0.6 is 0 Å². The third-order valence-corrected chi connectivity index (χ3v) is 9.30. The molecule has 0 saturated heterocycles. The minimum atomic E-state index is -0.158. The second-order valence-corrected chi connectivity index (χ2v) is 10.8. The Labute approximate surface area is 175 Å². The van der Waals surface area contributed by atoms with Crippen molar-refractivity contribution in [2.24, 2.45) is 34.5 Å². The average molecular weight is 403 g/mol. The minimum absolute atomic E-state index is 0.00328. The lowest BCUT2D eigenvalue weighted by Gasteiger charge is -2.57. The van der Waals surface area contributed by atoms with Crippen molar-refractivity contribution in [2.45, 2.75) is 98.2 Å². The van der Waals surface area contributed by atoms with Gasteiger partial charge in [-0.15, -0.1) is 0 Å². The molecule has 0 heterocycles. The van der Waals surface area contributed by atoms with Crippen LogP contribution in [-0.2, 0) is 19.1 Å². The number of fused-ring (bicyclic) bond motifs is 5. The predicted molar refractivity (Wildman–Crippen MR) is 112 cm³/mol. The van der Waals surface area contributed by atoms with Crippen LogP contribution in [0.3, 0.4) is 0 Å². The third kappa shape index (κ3) is 3.45. The first-order valence-corrected chi connectivity index (χ1v) is 11.7. The molecule has 4 nitrogen and oxygen atoms in total. The van der Waals surface area contributed by atoms with Crippen LogP contribution in [0.15, 0.2) is 11.6 Å². The van der Waals surface area contributed by atoms with Gasteiger partial charge in [0, 0.05) is 19.8 Å². The predicted octanol–water partition coefficient (Wildman–Crippen LogP) is 5.45. The van der Waals surface area contributed by atoms with Gasteiger partial charge in [-0.25, -0.2) is 0 Å². The highest BCUT2D eigenvalue weighted by atomic mass is 16.5. The molecule has 0 aromatic heterocycles. The highest BCUT2D eigenvalue weighted by Crippen LogP contribution is 2.66. The molecule has 4 aliphatic carbocycles. The SMILES string of the molecule is CC(=O)OC1CC[C@]2(C)C3=CC[C@]4(C)C(C(C)OC(C)=O)CCC4C3CCC2C1. The molecule has 0 N–H and O–H groups in total. The second kappa shape index (κ2) is 7.42. The summed E-state index contributed by atoms with van der Waals surface area (Å²) in [5.41, 5.74) is 2.21. The fraction of sp³-hybridized carbons (Fsp3) is 0.840. The van der Waals surface area contributed by atoms with Crippen molar-refractivity contribution in [3.8, 4) is 0 Å². The number of carbonyl (C=O) groups excluding carboxylic acids is 2. The van der Waals surface area contributed by atoms with Gasteiger partial charge in [0.15, 0.2) is 0 Å². The van der Waals surface area contributed by atoms with Crippen molar-refractivity contribution in [1.82, 2.24) is 0 Å². The van der Waals surface area contributed by atoms with Gasteiger partial charge < -0.3 is 9.47 Å². The third-order valence-electron chi connectivity index (χ3n) is 9.30. The largest absolute Gasteiger partial charge is 0.463 e. The van der Waals surface area contributed by atoms with Crippen LogP contribution in [0.4, 0.5) is 0 Å². The van der Waals surface area contributed by atoms with Crippen LogP contribution in [0.5, 0.6) is 0 Å². The zero-order chi connectivity index (χ0) is 21.0. The molecule has 3 fully saturated rings. The van der Waals surface area contributed by atoms with E-state index in [1.54, 1.807) is 5.57 Å². The van der Waals surface area contributed by atoms with E-state index in [0.717, 1.165) is 25.7 Å². The molecule has 29 heavy (non-hydrogen) atoms. The van der Waals surface area contributed by atoms with Gasteiger partial charge in [-0.1, -0.05) is 25.5 Å². The maximum absolute atomic E-state index is 11.5. The number of hydrogen-bond donors (Lipinski definition) is 0. The van der Waals surface area contributed by atoms with E-state index in [-0.39, 0.29) is 35.0 Å². The Morgan fingerprint density at radius 1 is 1.07 bits per heavy atom. The molecule has 0 spiro atoms. The van der Waals surface area contributed by atoms with Crippen LogP contribution < -0.4 is 0 Å². The molecule has 3 saturated carbocycles. The highest BCUT2D eigenvalue weighted by molar-refractivity contribution is 5.66. The first-order valence-electron chi connectivity index (χ1n) is 11.7. The molecule has 8 atom stereocenters. The summed E-state index contributed by atoms with van der Waals surface area (Å²) in [7, 11) is 0. The molecule has 4 rings (SSSR count). The number of ether oxygens (including phenoxy) is 2. The van der Waals surface area contributed by atoms with Crippen molar-refractivity contribution >= 4 is 11.9 Å². The van der Waals surface area contributed by atoms with Gasteiger partial charge in [0.2, 0.25) is 0 Å². The lowest BCUT2D eigenvalue weighted by Crippen LogP contribution is -2.49. The fourth-order valence-corrected chi connectivity index (χ4v) is 7.98. The number of rotatable bonds is 3. The molecule has 0 amide bonds. The molecule has 0 aromatic carbocycles.